The molecular formula is C24H34N2O4S. The van der Waals surface area contributed by atoms with Gasteiger partial charge in [-0.05, 0) is 87.6 Å². The first kappa shape index (κ1) is 24.7. The van der Waals surface area contributed by atoms with Gasteiger partial charge < -0.3 is 10.1 Å². The van der Waals surface area contributed by atoms with Gasteiger partial charge in [0.2, 0.25) is 15.9 Å². The van der Waals surface area contributed by atoms with Crippen LogP contribution in [0.15, 0.2) is 36.4 Å². The molecular weight excluding hydrogens is 412 g/mol. The Kier molecular flexibility index (Phi) is 8.12. The van der Waals surface area contributed by atoms with Crippen LogP contribution in [0.4, 0.5) is 5.69 Å². The second-order valence-electron chi connectivity index (χ2n) is 7.93. The van der Waals surface area contributed by atoms with Crippen molar-refractivity contribution in [2.24, 2.45) is 0 Å². The molecule has 0 fully saturated rings. The molecule has 2 atom stereocenters. The molecule has 2 aromatic carbocycles. The Labute approximate surface area is 186 Å². The fourth-order valence-electron chi connectivity index (χ4n) is 3.75. The lowest BCUT2D eigenvalue weighted by atomic mass is 9.96. The van der Waals surface area contributed by atoms with E-state index in [1.54, 1.807) is 24.3 Å². The largest absolute Gasteiger partial charge is 0.494 e. The molecule has 0 aromatic heterocycles. The predicted molar refractivity (Wildman–Crippen MR) is 126 cm³/mol. The summed E-state index contributed by atoms with van der Waals surface area (Å²) < 4.78 is 31.9. The number of aryl methyl sites for hydroxylation is 3. The maximum absolute atomic E-state index is 13.2. The van der Waals surface area contributed by atoms with Gasteiger partial charge in [0.05, 0.1) is 24.6 Å². The molecule has 0 spiro atoms. The number of anilines is 1. The van der Waals surface area contributed by atoms with Crippen LogP contribution < -0.4 is 14.4 Å². The van der Waals surface area contributed by atoms with Gasteiger partial charge >= 0.3 is 0 Å². The minimum atomic E-state index is -3.69. The molecule has 0 saturated carbocycles. The Balaban J connectivity index is 2.33. The first-order valence-electron chi connectivity index (χ1n) is 10.6. The maximum Gasteiger partial charge on any atom is 0.244 e. The van der Waals surface area contributed by atoms with Gasteiger partial charge in [-0.25, -0.2) is 8.42 Å². The second kappa shape index (κ2) is 10.2. The van der Waals surface area contributed by atoms with E-state index in [0.717, 1.165) is 22.9 Å². The molecule has 0 bridgehead atoms. The SMILES string of the molecule is CCOc1ccc(N([C@H](CC)C(=O)N[C@H](C)c2cc(C)c(C)cc2C)S(C)(=O)=O)cc1. The number of sulfonamides is 1. The zero-order valence-corrected chi connectivity index (χ0v) is 20.3. The van der Waals surface area contributed by atoms with E-state index in [-0.39, 0.29) is 11.9 Å². The van der Waals surface area contributed by atoms with Crippen LogP contribution in [0.5, 0.6) is 5.75 Å². The zero-order chi connectivity index (χ0) is 23.3. The van der Waals surface area contributed by atoms with Gasteiger partial charge in [0.25, 0.3) is 0 Å². The van der Waals surface area contributed by atoms with Gasteiger partial charge in [-0.15, -0.1) is 0 Å². The van der Waals surface area contributed by atoms with Crippen molar-refractivity contribution in [3.8, 4) is 5.75 Å². The molecule has 0 aliphatic heterocycles. The lowest BCUT2D eigenvalue weighted by Gasteiger charge is -2.31. The van der Waals surface area contributed by atoms with Crippen LogP contribution in [-0.2, 0) is 14.8 Å². The Morgan fingerprint density at radius 3 is 2.13 bits per heavy atom. The second-order valence-corrected chi connectivity index (χ2v) is 9.79. The summed E-state index contributed by atoms with van der Waals surface area (Å²) in [6.45, 7) is 12.2. The highest BCUT2D eigenvalue weighted by Gasteiger charge is 2.32. The van der Waals surface area contributed by atoms with Crippen molar-refractivity contribution in [2.75, 3.05) is 17.2 Å². The first-order valence-corrected chi connectivity index (χ1v) is 12.4. The number of hydrogen-bond acceptors (Lipinski definition) is 4. The number of benzene rings is 2. The molecule has 2 rings (SSSR count). The average Bonchev–Trinajstić information content (AvgIpc) is 2.68. The molecule has 0 saturated heterocycles. The lowest BCUT2D eigenvalue weighted by Crippen LogP contribution is -2.49. The third-order valence-electron chi connectivity index (χ3n) is 5.44. The van der Waals surface area contributed by atoms with Gasteiger partial charge in [0.15, 0.2) is 0 Å². The molecule has 1 N–H and O–H groups in total. The summed E-state index contributed by atoms with van der Waals surface area (Å²) in [5.74, 6) is 0.322. The Morgan fingerprint density at radius 1 is 1.03 bits per heavy atom. The van der Waals surface area contributed by atoms with Crippen molar-refractivity contribution in [2.45, 2.75) is 60.0 Å². The molecule has 0 aliphatic rings. The van der Waals surface area contributed by atoms with Crippen molar-refractivity contribution >= 4 is 21.6 Å². The van der Waals surface area contributed by atoms with E-state index in [1.807, 2.05) is 34.6 Å². The molecule has 7 heteroatoms. The molecule has 6 nitrogen and oxygen atoms in total. The fraction of sp³-hybridized carbons (Fsp3) is 0.458. The number of nitrogens with zero attached hydrogens (tertiary/aromatic N) is 1. The summed E-state index contributed by atoms with van der Waals surface area (Å²) >= 11 is 0. The number of ether oxygens (including phenoxy) is 1. The first-order chi connectivity index (χ1) is 14.5. The summed E-state index contributed by atoms with van der Waals surface area (Å²) in [6, 6.07) is 9.83. The number of carbonyl (C=O) groups excluding carboxylic acids is 1. The van der Waals surface area contributed by atoms with Crippen molar-refractivity contribution in [3.63, 3.8) is 0 Å². The van der Waals surface area contributed by atoms with E-state index in [9.17, 15) is 13.2 Å². The number of amides is 1. The zero-order valence-electron chi connectivity index (χ0n) is 19.5. The van der Waals surface area contributed by atoms with Crippen molar-refractivity contribution in [1.82, 2.24) is 5.32 Å². The summed E-state index contributed by atoms with van der Waals surface area (Å²) in [4.78, 5) is 13.2. The van der Waals surface area contributed by atoms with Crippen LogP contribution in [0.2, 0.25) is 0 Å². The van der Waals surface area contributed by atoms with E-state index in [1.165, 1.54) is 9.87 Å². The molecule has 170 valence electrons. The van der Waals surface area contributed by atoms with E-state index < -0.39 is 16.1 Å². The van der Waals surface area contributed by atoms with Gasteiger partial charge in [-0.1, -0.05) is 19.1 Å². The molecule has 0 unspecified atom stereocenters. The quantitative estimate of drug-likeness (QED) is 0.618. The van der Waals surface area contributed by atoms with Crippen LogP contribution in [0, 0.1) is 20.8 Å². The fourth-order valence-corrected chi connectivity index (χ4v) is 4.96. The monoisotopic (exact) mass is 446 g/mol. The molecule has 0 radical (unpaired) electrons. The normalized spacial score (nSPS) is 13.4. The number of rotatable bonds is 9. The summed E-state index contributed by atoms with van der Waals surface area (Å²) in [5, 5.41) is 3.02. The van der Waals surface area contributed by atoms with Crippen LogP contribution in [0.25, 0.3) is 0 Å². The van der Waals surface area contributed by atoms with E-state index in [0.29, 0.717) is 24.5 Å². The van der Waals surface area contributed by atoms with E-state index in [4.69, 9.17) is 4.74 Å². The molecule has 0 aliphatic carbocycles. The van der Waals surface area contributed by atoms with Gasteiger partial charge in [-0.2, -0.15) is 0 Å². The summed E-state index contributed by atoms with van der Waals surface area (Å²) in [5.41, 5.74) is 4.91. The lowest BCUT2D eigenvalue weighted by molar-refractivity contribution is -0.122. The van der Waals surface area contributed by atoms with Gasteiger partial charge in [0.1, 0.15) is 11.8 Å². The van der Waals surface area contributed by atoms with Crippen LogP contribution >= 0.6 is 0 Å². The third kappa shape index (κ3) is 6.00. The van der Waals surface area contributed by atoms with E-state index in [2.05, 4.69) is 24.4 Å². The molecule has 2 aromatic rings. The smallest absolute Gasteiger partial charge is 0.244 e. The Hall–Kier alpha value is -2.54. The Bertz CT molecular complexity index is 1020. The highest BCUT2D eigenvalue weighted by molar-refractivity contribution is 7.92. The van der Waals surface area contributed by atoms with Crippen molar-refractivity contribution in [1.29, 1.82) is 0 Å². The number of hydrogen-bond donors (Lipinski definition) is 1. The van der Waals surface area contributed by atoms with Crippen molar-refractivity contribution in [3.05, 3.63) is 58.7 Å². The standard InChI is InChI=1S/C24H34N2O4S/c1-8-23(24(27)25-19(6)22-15-17(4)16(3)14-18(22)5)26(31(7,28)29)20-10-12-21(13-11-20)30-9-2/h10-15,19,23H,8-9H2,1-7H3,(H,25,27)/t19-,23-/m1/s1. The molecule has 31 heavy (non-hydrogen) atoms. The molecule has 1 amide bonds. The predicted octanol–water partition coefficient (Wildman–Crippen LogP) is 4.43. The Morgan fingerprint density at radius 2 is 1.61 bits per heavy atom. The van der Waals surface area contributed by atoms with Crippen molar-refractivity contribution < 1.29 is 17.9 Å². The van der Waals surface area contributed by atoms with Crippen LogP contribution in [0.3, 0.4) is 0 Å². The molecule has 0 heterocycles. The summed E-state index contributed by atoms with van der Waals surface area (Å²) in [7, 11) is -3.69. The highest BCUT2D eigenvalue weighted by Crippen LogP contribution is 2.26. The summed E-state index contributed by atoms with van der Waals surface area (Å²) in [6.07, 6.45) is 1.46. The third-order valence-corrected chi connectivity index (χ3v) is 6.62. The van der Waals surface area contributed by atoms with Crippen LogP contribution in [-0.4, -0.2) is 33.2 Å². The topological polar surface area (TPSA) is 75.7 Å². The van der Waals surface area contributed by atoms with Gasteiger partial charge in [-0.3, -0.25) is 9.10 Å². The minimum Gasteiger partial charge on any atom is -0.494 e. The average molecular weight is 447 g/mol. The van der Waals surface area contributed by atoms with Crippen LogP contribution in [0.1, 0.15) is 55.5 Å². The maximum atomic E-state index is 13.2. The minimum absolute atomic E-state index is 0.248. The van der Waals surface area contributed by atoms with Gasteiger partial charge in [0, 0.05) is 0 Å². The number of nitrogens with one attached hydrogen (secondary N) is 1. The van der Waals surface area contributed by atoms with E-state index >= 15 is 0 Å². The number of carbonyl (C=O) groups is 1. The highest BCUT2D eigenvalue weighted by atomic mass is 32.2.